The van der Waals surface area contributed by atoms with Crippen molar-refractivity contribution < 1.29 is 14.9 Å². The van der Waals surface area contributed by atoms with Gasteiger partial charge in [-0.3, -0.25) is 0 Å². The van der Waals surface area contributed by atoms with E-state index >= 15 is 0 Å². The highest BCUT2D eigenvalue weighted by Crippen LogP contribution is 2.18. The predicted molar refractivity (Wildman–Crippen MR) is 57.0 cm³/mol. The number of aliphatic hydroxyl groups is 2. The molecular formula is C9H14N2O3S. The molecule has 0 radical (unpaired) electrons. The van der Waals surface area contributed by atoms with Crippen molar-refractivity contribution in [2.75, 3.05) is 19.0 Å². The van der Waals surface area contributed by atoms with Crippen LogP contribution in [0, 0.1) is 0 Å². The number of thioether (sulfide) groups is 1. The molecule has 0 fully saturated rings. The van der Waals surface area contributed by atoms with Gasteiger partial charge in [0.05, 0.1) is 19.3 Å². The van der Waals surface area contributed by atoms with E-state index in [9.17, 15) is 0 Å². The van der Waals surface area contributed by atoms with Crippen LogP contribution in [0.5, 0.6) is 5.88 Å². The summed E-state index contributed by atoms with van der Waals surface area (Å²) in [6.45, 7) is 2.20. The molecule has 0 spiro atoms. The Labute approximate surface area is 92.5 Å². The van der Waals surface area contributed by atoms with Gasteiger partial charge in [-0.05, 0) is 6.92 Å². The maximum Gasteiger partial charge on any atom is 0.217 e. The number of nitrogens with zero attached hydrogens (tertiary/aromatic N) is 2. The molecule has 0 bridgehead atoms. The van der Waals surface area contributed by atoms with Crippen molar-refractivity contribution in [2.45, 2.75) is 18.1 Å². The van der Waals surface area contributed by atoms with Gasteiger partial charge in [0.15, 0.2) is 0 Å². The molecule has 0 aliphatic carbocycles. The fourth-order valence-corrected chi connectivity index (χ4v) is 1.64. The van der Waals surface area contributed by atoms with Crippen LogP contribution in [0.15, 0.2) is 17.4 Å². The smallest absolute Gasteiger partial charge is 0.217 e. The summed E-state index contributed by atoms with van der Waals surface area (Å²) >= 11 is 1.35. The van der Waals surface area contributed by atoms with Gasteiger partial charge in [-0.15, -0.1) is 11.8 Å². The molecule has 1 aromatic heterocycles. The zero-order chi connectivity index (χ0) is 11.1. The molecule has 0 saturated carbocycles. The van der Waals surface area contributed by atoms with E-state index in [1.807, 2.05) is 6.92 Å². The zero-order valence-electron chi connectivity index (χ0n) is 8.46. The van der Waals surface area contributed by atoms with E-state index in [2.05, 4.69) is 9.97 Å². The van der Waals surface area contributed by atoms with Gasteiger partial charge in [0.2, 0.25) is 5.88 Å². The highest BCUT2D eigenvalue weighted by Gasteiger charge is 2.05. The van der Waals surface area contributed by atoms with Gasteiger partial charge in [0.25, 0.3) is 0 Å². The Hall–Kier alpha value is -0.850. The van der Waals surface area contributed by atoms with Gasteiger partial charge in [-0.25, -0.2) is 9.97 Å². The molecule has 1 unspecified atom stereocenters. The summed E-state index contributed by atoms with van der Waals surface area (Å²) in [5.74, 6) is 0.924. The molecule has 0 amide bonds. The van der Waals surface area contributed by atoms with Gasteiger partial charge in [-0.1, -0.05) is 0 Å². The van der Waals surface area contributed by atoms with Gasteiger partial charge in [0.1, 0.15) is 11.4 Å². The van der Waals surface area contributed by atoms with Crippen molar-refractivity contribution in [3.63, 3.8) is 0 Å². The minimum atomic E-state index is -0.722. The van der Waals surface area contributed by atoms with E-state index in [1.165, 1.54) is 18.1 Å². The average Bonchev–Trinajstić information content (AvgIpc) is 2.27. The van der Waals surface area contributed by atoms with Crippen molar-refractivity contribution in [3.8, 4) is 5.88 Å². The molecule has 5 nitrogen and oxygen atoms in total. The lowest BCUT2D eigenvalue weighted by Crippen LogP contribution is -2.14. The van der Waals surface area contributed by atoms with Crippen LogP contribution < -0.4 is 4.74 Å². The maximum absolute atomic E-state index is 9.15. The molecule has 0 saturated heterocycles. The first-order valence-electron chi connectivity index (χ1n) is 4.62. The van der Waals surface area contributed by atoms with Crippen LogP contribution in [-0.4, -0.2) is 45.3 Å². The molecule has 1 aromatic rings. The summed E-state index contributed by atoms with van der Waals surface area (Å²) in [6.07, 6.45) is 0.694. The summed E-state index contributed by atoms with van der Waals surface area (Å²) in [6, 6.07) is 1.71. The molecule has 1 heterocycles. The zero-order valence-corrected chi connectivity index (χ0v) is 9.28. The average molecular weight is 230 g/mol. The summed E-state index contributed by atoms with van der Waals surface area (Å²) in [7, 11) is 0. The Morgan fingerprint density at radius 2 is 2.33 bits per heavy atom. The molecule has 6 heteroatoms. The minimum Gasteiger partial charge on any atom is -0.478 e. The summed E-state index contributed by atoms with van der Waals surface area (Å²) in [5.41, 5.74) is 0. The molecule has 2 N–H and O–H groups in total. The third kappa shape index (κ3) is 4.46. The normalized spacial score (nSPS) is 12.5. The van der Waals surface area contributed by atoms with E-state index in [-0.39, 0.29) is 6.61 Å². The SMILES string of the molecule is CCOc1cc(SCC(O)CO)ncn1. The van der Waals surface area contributed by atoms with E-state index in [0.717, 1.165) is 5.03 Å². The third-order valence-electron chi connectivity index (χ3n) is 1.54. The van der Waals surface area contributed by atoms with Crippen LogP contribution in [0.1, 0.15) is 6.92 Å². The van der Waals surface area contributed by atoms with Crippen molar-refractivity contribution >= 4 is 11.8 Å². The van der Waals surface area contributed by atoms with E-state index in [4.69, 9.17) is 14.9 Å². The lowest BCUT2D eigenvalue weighted by molar-refractivity contribution is 0.113. The Kier molecular flexibility index (Phi) is 5.38. The molecule has 0 aliphatic heterocycles. The van der Waals surface area contributed by atoms with Gasteiger partial charge < -0.3 is 14.9 Å². The minimum absolute atomic E-state index is 0.240. The van der Waals surface area contributed by atoms with Crippen molar-refractivity contribution in [3.05, 3.63) is 12.4 Å². The predicted octanol–water partition coefficient (Wildman–Crippen LogP) is 0.321. The Morgan fingerprint density at radius 3 is 3.00 bits per heavy atom. The second kappa shape index (κ2) is 6.60. The topological polar surface area (TPSA) is 75.5 Å². The van der Waals surface area contributed by atoms with Crippen molar-refractivity contribution in [1.82, 2.24) is 9.97 Å². The number of hydrogen-bond donors (Lipinski definition) is 2. The molecule has 0 aromatic carbocycles. The number of aliphatic hydroxyl groups excluding tert-OH is 2. The van der Waals surface area contributed by atoms with Crippen LogP contribution >= 0.6 is 11.8 Å². The number of rotatable bonds is 6. The monoisotopic (exact) mass is 230 g/mol. The fourth-order valence-electron chi connectivity index (χ4n) is 0.863. The van der Waals surface area contributed by atoms with Gasteiger partial charge >= 0.3 is 0 Å². The first-order chi connectivity index (χ1) is 7.26. The van der Waals surface area contributed by atoms with Gasteiger partial charge in [0, 0.05) is 11.8 Å². The van der Waals surface area contributed by atoms with Crippen LogP contribution in [0.4, 0.5) is 0 Å². The van der Waals surface area contributed by atoms with Crippen LogP contribution in [0.3, 0.4) is 0 Å². The molecule has 1 atom stereocenters. The van der Waals surface area contributed by atoms with Crippen LogP contribution in [0.2, 0.25) is 0 Å². The Bertz CT molecular complexity index is 298. The molecular weight excluding hydrogens is 216 g/mol. The second-order valence-electron chi connectivity index (χ2n) is 2.77. The molecule has 15 heavy (non-hydrogen) atoms. The Balaban J connectivity index is 2.50. The van der Waals surface area contributed by atoms with E-state index < -0.39 is 6.10 Å². The molecule has 1 rings (SSSR count). The van der Waals surface area contributed by atoms with Gasteiger partial charge in [-0.2, -0.15) is 0 Å². The lowest BCUT2D eigenvalue weighted by atomic mass is 10.4. The summed E-state index contributed by atoms with van der Waals surface area (Å²) in [5, 5.41) is 18.5. The summed E-state index contributed by atoms with van der Waals surface area (Å²) in [4.78, 5) is 7.92. The fraction of sp³-hybridized carbons (Fsp3) is 0.556. The number of ether oxygens (including phenoxy) is 1. The lowest BCUT2D eigenvalue weighted by Gasteiger charge is -2.06. The van der Waals surface area contributed by atoms with Crippen molar-refractivity contribution in [1.29, 1.82) is 0 Å². The third-order valence-corrected chi connectivity index (χ3v) is 2.61. The van der Waals surface area contributed by atoms with Crippen LogP contribution in [0.25, 0.3) is 0 Å². The van der Waals surface area contributed by atoms with Crippen LogP contribution in [-0.2, 0) is 0 Å². The Morgan fingerprint density at radius 1 is 1.53 bits per heavy atom. The maximum atomic E-state index is 9.15. The first-order valence-corrected chi connectivity index (χ1v) is 5.61. The largest absolute Gasteiger partial charge is 0.478 e. The molecule has 84 valence electrons. The highest BCUT2D eigenvalue weighted by molar-refractivity contribution is 7.99. The number of hydrogen-bond acceptors (Lipinski definition) is 6. The highest BCUT2D eigenvalue weighted by atomic mass is 32.2. The number of aromatic nitrogens is 2. The molecule has 0 aliphatic rings. The van der Waals surface area contributed by atoms with E-state index in [1.54, 1.807) is 6.07 Å². The quantitative estimate of drug-likeness (QED) is 0.541. The van der Waals surface area contributed by atoms with E-state index in [0.29, 0.717) is 18.2 Å². The summed E-state index contributed by atoms with van der Waals surface area (Å²) < 4.78 is 5.20. The second-order valence-corrected chi connectivity index (χ2v) is 3.82. The standard InChI is InChI=1S/C9H14N2O3S/c1-2-14-8-3-9(11-6-10-8)15-5-7(13)4-12/h3,6-7,12-13H,2,4-5H2,1H3. The van der Waals surface area contributed by atoms with Crippen molar-refractivity contribution in [2.24, 2.45) is 0 Å². The first kappa shape index (κ1) is 12.2.